The van der Waals surface area contributed by atoms with Crippen LogP contribution in [0, 0.1) is 5.82 Å². The molecule has 0 radical (unpaired) electrons. The molecule has 3 rings (SSSR count). The molecule has 0 aliphatic heterocycles. The molecule has 104 valence electrons. The number of rotatable bonds is 4. The van der Waals surface area contributed by atoms with Crippen LogP contribution in [0.25, 0.3) is 11.1 Å². The van der Waals surface area contributed by atoms with E-state index in [1.165, 1.54) is 18.9 Å². The smallest absolute Gasteiger partial charge is 0.131 e. The monoisotopic (exact) mass is 353 g/mol. The highest BCUT2D eigenvalue weighted by Gasteiger charge is 2.20. The zero-order chi connectivity index (χ0) is 14.1. The van der Waals surface area contributed by atoms with Crippen molar-refractivity contribution in [1.29, 1.82) is 0 Å². The van der Waals surface area contributed by atoms with Gasteiger partial charge in [-0.1, -0.05) is 33.6 Å². The molecule has 1 saturated carbocycles. The summed E-state index contributed by atoms with van der Waals surface area (Å²) in [5, 5.41) is 4.15. The third-order valence-corrected chi connectivity index (χ3v) is 4.31. The summed E-state index contributed by atoms with van der Waals surface area (Å²) >= 11 is 9.60. The summed E-state index contributed by atoms with van der Waals surface area (Å²) in [4.78, 5) is 0. The van der Waals surface area contributed by atoms with Crippen LogP contribution in [0.3, 0.4) is 0 Å². The molecule has 0 heterocycles. The number of hydrogen-bond acceptors (Lipinski definition) is 1. The minimum absolute atomic E-state index is 0.225. The molecule has 1 aliphatic rings. The van der Waals surface area contributed by atoms with Gasteiger partial charge in [0.2, 0.25) is 0 Å². The van der Waals surface area contributed by atoms with E-state index < -0.39 is 0 Å². The minimum atomic E-state index is -0.225. The predicted octanol–water partition coefficient (Wildman–Crippen LogP) is 5.16. The Balaban J connectivity index is 1.92. The average molecular weight is 355 g/mol. The molecular formula is C16H14BrClFN. The van der Waals surface area contributed by atoms with E-state index in [9.17, 15) is 4.39 Å². The Kier molecular flexibility index (Phi) is 4.11. The van der Waals surface area contributed by atoms with E-state index >= 15 is 0 Å². The highest BCUT2D eigenvalue weighted by molar-refractivity contribution is 9.10. The Labute approximate surface area is 131 Å². The maximum Gasteiger partial charge on any atom is 0.131 e. The first-order valence-corrected chi connectivity index (χ1v) is 7.78. The van der Waals surface area contributed by atoms with Crippen molar-refractivity contribution in [3.05, 3.63) is 57.3 Å². The molecular weight excluding hydrogens is 341 g/mol. The van der Waals surface area contributed by atoms with Crippen molar-refractivity contribution < 1.29 is 4.39 Å². The molecule has 0 spiro atoms. The van der Waals surface area contributed by atoms with E-state index in [2.05, 4.69) is 21.2 Å². The van der Waals surface area contributed by atoms with E-state index in [4.69, 9.17) is 11.6 Å². The van der Waals surface area contributed by atoms with Crippen LogP contribution in [0.2, 0.25) is 5.02 Å². The number of halogens is 3. The fourth-order valence-corrected chi connectivity index (χ4v) is 2.68. The van der Waals surface area contributed by atoms with E-state index in [1.54, 1.807) is 12.1 Å². The lowest BCUT2D eigenvalue weighted by molar-refractivity contribution is 0.631. The number of benzene rings is 2. The largest absolute Gasteiger partial charge is 0.310 e. The van der Waals surface area contributed by atoms with Crippen LogP contribution >= 0.6 is 27.5 Å². The van der Waals surface area contributed by atoms with E-state index in [0.717, 1.165) is 27.2 Å². The quantitative estimate of drug-likeness (QED) is 0.799. The Bertz CT molecular complexity index is 640. The molecule has 1 aliphatic carbocycles. The van der Waals surface area contributed by atoms with Crippen molar-refractivity contribution in [3.8, 4) is 11.1 Å². The highest BCUT2D eigenvalue weighted by atomic mass is 79.9. The molecule has 0 saturated heterocycles. The van der Waals surface area contributed by atoms with Gasteiger partial charge in [0, 0.05) is 27.6 Å². The molecule has 0 bridgehead atoms. The van der Waals surface area contributed by atoms with Crippen molar-refractivity contribution in [2.45, 2.75) is 25.4 Å². The normalized spacial score (nSPS) is 14.6. The van der Waals surface area contributed by atoms with Gasteiger partial charge >= 0.3 is 0 Å². The molecule has 2 aromatic rings. The highest BCUT2D eigenvalue weighted by Crippen LogP contribution is 2.30. The van der Waals surface area contributed by atoms with Crippen LogP contribution in [-0.2, 0) is 6.54 Å². The van der Waals surface area contributed by atoms with E-state index in [1.807, 2.05) is 18.2 Å². The van der Waals surface area contributed by atoms with Gasteiger partial charge in [0.15, 0.2) is 0 Å². The lowest BCUT2D eigenvalue weighted by Gasteiger charge is -2.10. The summed E-state index contributed by atoms with van der Waals surface area (Å²) in [6.45, 7) is 0.729. The first-order chi connectivity index (χ1) is 9.63. The van der Waals surface area contributed by atoms with Gasteiger partial charge in [-0.15, -0.1) is 0 Å². The Morgan fingerprint density at radius 2 is 2.00 bits per heavy atom. The lowest BCUT2D eigenvalue weighted by Crippen LogP contribution is -2.15. The summed E-state index contributed by atoms with van der Waals surface area (Å²) in [5.41, 5.74) is 2.44. The fraction of sp³-hybridized carbons (Fsp3) is 0.250. The molecule has 4 heteroatoms. The van der Waals surface area contributed by atoms with Gasteiger partial charge in [-0.3, -0.25) is 0 Å². The summed E-state index contributed by atoms with van der Waals surface area (Å²) < 4.78 is 14.8. The second kappa shape index (κ2) is 5.84. The Morgan fingerprint density at radius 3 is 2.75 bits per heavy atom. The number of hydrogen-bond donors (Lipinski definition) is 1. The van der Waals surface area contributed by atoms with Crippen molar-refractivity contribution in [2.24, 2.45) is 0 Å². The first kappa shape index (κ1) is 14.1. The first-order valence-electron chi connectivity index (χ1n) is 6.61. The summed E-state index contributed by atoms with van der Waals surface area (Å²) in [7, 11) is 0. The van der Waals surface area contributed by atoms with Crippen molar-refractivity contribution in [3.63, 3.8) is 0 Å². The van der Waals surface area contributed by atoms with Gasteiger partial charge in [0.25, 0.3) is 0 Å². The van der Waals surface area contributed by atoms with Gasteiger partial charge in [0.1, 0.15) is 5.82 Å². The summed E-state index contributed by atoms with van der Waals surface area (Å²) in [6, 6.07) is 11.2. The Hall–Kier alpha value is -0.900. The van der Waals surface area contributed by atoms with Crippen LogP contribution in [0.5, 0.6) is 0 Å². The molecule has 2 aromatic carbocycles. The molecule has 1 N–H and O–H groups in total. The average Bonchev–Trinajstić information content (AvgIpc) is 3.25. The third-order valence-electron chi connectivity index (χ3n) is 3.44. The van der Waals surface area contributed by atoms with Crippen molar-refractivity contribution in [2.75, 3.05) is 0 Å². The van der Waals surface area contributed by atoms with Gasteiger partial charge < -0.3 is 5.32 Å². The molecule has 0 amide bonds. The topological polar surface area (TPSA) is 12.0 Å². The summed E-state index contributed by atoms with van der Waals surface area (Å²) in [6.07, 6.45) is 2.47. The van der Waals surface area contributed by atoms with Gasteiger partial charge in [0.05, 0.1) is 0 Å². The van der Waals surface area contributed by atoms with Gasteiger partial charge in [-0.05, 0) is 54.3 Å². The number of nitrogens with one attached hydrogen (secondary N) is 1. The third kappa shape index (κ3) is 3.22. The van der Waals surface area contributed by atoms with E-state index in [0.29, 0.717) is 11.6 Å². The maximum atomic E-state index is 13.9. The van der Waals surface area contributed by atoms with Crippen molar-refractivity contribution in [1.82, 2.24) is 5.32 Å². The minimum Gasteiger partial charge on any atom is -0.310 e. The Morgan fingerprint density at radius 1 is 1.20 bits per heavy atom. The van der Waals surface area contributed by atoms with Crippen molar-refractivity contribution >= 4 is 27.5 Å². The van der Waals surface area contributed by atoms with Gasteiger partial charge in [-0.25, -0.2) is 4.39 Å². The molecule has 20 heavy (non-hydrogen) atoms. The van der Waals surface area contributed by atoms with Crippen LogP contribution in [0.15, 0.2) is 40.9 Å². The lowest BCUT2D eigenvalue weighted by atomic mass is 10.0. The summed E-state index contributed by atoms with van der Waals surface area (Å²) in [5.74, 6) is -0.225. The maximum absolute atomic E-state index is 13.9. The molecule has 0 atom stereocenters. The van der Waals surface area contributed by atoms with Crippen LogP contribution in [-0.4, -0.2) is 6.04 Å². The second-order valence-corrected chi connectivity index (χ2v) is 6.41. The van der Waals surface area contributed by atoms with Crippen LogP contribution in [0.4, 0.5) is 4.39 Å². The van der Waals surface area contributed by atoms with Crippen LogP contribution in [0.1, 0.15) is 18.4 Å². The van der Waals surface area contributed by atoms with E-state index in [-0.39, 0.29) is 5.82 Å². The standard InChI is InChI=1S/C16H14BrClFN/c17-12-2-6-16(19)14(8-12)10-1-5-15(18)11(7-10)9-20-13-3-4-13/h1-2,5-8,13,20H,3-4,9H2. The van der Waals surface area contributed by atoms with Gasteiger partial charge in [-0.2, -0.15) is 0 Å². The molecule has 0 aromatic heterocycles. The molecule has 1 fully saturated rings. The fourth-order valence-electron chi connectivity index (χ4n) is 2.14. The zero-order valence-corrected chi connectivity index (χ0v) is 13.1. The second-order valence-electron chi connectivity index (χ2n) is 5.09. The van der Waals surface area contributed by atoms with Crippen LogP contribution < -0.4 is 5.32 Å². The predicted molar refractivity (Wildman–Crippen MR) is 84.4 cm³/mol. The molecule has 0 unspecified atom stereocenters. The molecule has 1 nitrogen and oxygen atoms in total. The SMILES string of the molecule is Fc1ccc(Br)cc1-c1ccc(Cl)c(CNC2CC2)c1. The zero-order valence-electron chi connectivity index (χ0n) is 10.8.